The quantitative estimate of drug-likeness (QED) is 0.842. The predicted octanol–water partition coefficient (Wildman–Crippen LogP) is 3.95. The van der Waals surface area contributed by atoms with Crippen molar-refractivity contribution in [3.8, 4) is 0 Å². The van der Waals surface area contributed by atoms with Crippen LogP contribution in [0.25, 0.3) is 11.3 Å². The predicted molar refractivity (Wildman–Crippen MR) is 94.3 cm³/mol. The van der Waals surface area contributed by atoms with Crippen LogP contribution >= 0.6 is 0 Å². The zero-order chi connectivity index (χ0) is 15.5. The molecule has 0 saturated heterocycles. The minimum absolute atomic E-state index is 0.978. The summed E-state index contributed by atoms with van der Waals surface area (Å²) < 4.78 is 0. The third-order valence-electron chi connectivity index (χ3n) is 4.27. The highest BCUT2D eigenvalue weighted by molar-refractivity contribution is 5.92. The van der Waals surface area contributed by atoms with E-state index in [2.05, 4.69) is 85.5 Å². The maximum atomic E-state index is 2.39. The Hall–Kier alpha value is -2.06. The average molecular weight is 292 g/mol. The third-order valence-corrected chi connectivity index (χ3v) is 4.27. The summed E-state index contributed by atoms with van der Waals surface area (Å²) in [5.41, 5.74) is 7.00. The molecule has 22 heavy (non-hydrogen) atoms. The largest absolute Gasteiger partial charge is 0.370 e. The highest BCUT2D eigenvalue weighted by Gasteiger charge is 2.23. The first-order chi connectivity index (χ1) is 10.7. The van der Waals surface area contributed by atoms with Crippen LogP contribution in [0.2, 0.25) is 0 Å². The van der Waals surface area contributed by atoms with Crippen LogP contribution < -0.4 is 0 Å². The Labute approximate surface area is 133 Å². The van der Waals surface area contributed by atoms with Gasteiger partial charge in [0, 0.05) is 25.8 Å². The lowest BCUT2D eigenvalue weighted by molar-refractivity contribution is 0.416. The van der Waals surface area contributed by atoms with E-state index in [1.54, 1.807) is 0 Å². The van der Waals surface area contributed by atoms with E-state index in [1.807, 2.05) is 0 Å². The van der Waals surface area contributed by atoms with Crippen molar-refractivity contribution in [3.63, 3.8) is 0 Å². The van der Waals surface area contributed by atoms with Gasteiger partial charge < -0.3 is 9.80 Å². The fourth-order valence-electron chi connectivity index (χ4n) is 3.22. The number of hydrogen-bond acceptors (Lipinski definition) is 2. The summed E-state index contributed by atoms with van der Waals surface area (Å²) >= 11 is 0. The number of rotatable bonds is 4. The molecule has 0 radical (unpaired) electrons. The molecule has 2 aromatic carbocycles. The minimum Gasteiger partial charge on any atom is -0.370 e. The van der Waals surface area contributed by atoms with Gasteiger partial charge in [-0.15, -0.1) is 0 Å². The van der Waals surface area contributed by atoms with Gasteiger partial charge in [0.1, 0.15) is 0 Å². The Bertz CT molecular complexity index is 671. The lowest BCUT2D eigenvalue weighted by Crippen LogP contribution is -2.24. The molecule has 2 heteroatoms. The fourth-order valence-corrected chi connectivity index (χ4v) is 3.22. The molecule has 0 bridgehead atoms. The zero-order valence-electron chi connectivity index (χ0n) is 13.7. The van der Waals surface area contributed by atoms with Crippen molar-refractivity contribution < 1.29 is 0 Å². The highest BCUT2D eigenvalue weighted by atomic mass is 15.1. The third kappa shape index (κ3) is 2.93. The van der Waals surface area contributed by atoms with Crippen LogP contribution in [0.3, 0.4) is 0 Å². The molecule has 0 unspecified atom stereocenters. The first-order valence-corrected chi connectivity index (χ1v) is 7.89. The van der Waals surface area contributed by atoms with Crippen LogP contribution in [0.4, 0.5) is 0 Å². The van der Waals surface area contributed by atoms with Crippen molar-refractivity contribution in [1.29, 1.82) is 0 Å². The van der Waals surface area contributed by atoms with Crippen molar-refractivity contribution in [2.45, 2.75) is 13.0 Å². The smallest absolute Gasteiger partial charge is 0.0479 e. The summed E-state index contributed by atoms with van der Waals surface area (Å²) in [6, 6.07) is 19.6. The highest BCUT2D eigenvalue weighted by Crippen LogP contribution is 2.37. The molecule has 0 amide bonds. The second kappa shape index (κ2) is 6.37. The molecule has 2 aromatic rings. The molecule has 0 saturated carbocycles. The van der Waals surface area contributed by atoms with Crippen molar-refractivity contribution in [2.75, 3.05) is 27.7 Å². The minimum atomic E-state index is 0.978. The second-order valence-corrected chi connectivity index (χ2v) is 6.26. The first-order valence-electron chi connectivity index (χ1n) is 7.89. The van der Waals surface area contributed by atoms with Gasteiger partial charge >= 0.3 is 0 Å². The fraction of sp³-hybridized carbons (Fsp3) is 0.300. The van der Waals surface area contributed by atoms with Crippen LogP contribution in [0, 0.1) is 0 Å². The van der Waals surface area contributed by atoms with Gasteiger partial charge in [-0.25, -0.2) is 0 Å². The zero-order valence-corrected chi connectivity index (χ0v) is 13.7. The van der Waals surface area contributed by atoms with Crippen LogP contribution in [0.15, 0.2) is 54.6 Å². The monoisotopic (exact) mass is 292 g/mol. The molecular formula is C20H24N2. The Morgan fingerprint density at radius 2 is 1.64 bits per heavy atom. The van der Waals surface area contributed by atoms with E-state index in [-0.39, 0.29) is 0 Å². The van der Waals surface area contributed by atoms with Gasteiger partial charge in [-0.2, -0.15) is 0 Å². The van der Waals surface area contributed by atoms with E-state index in [0.717, 1.165) is 19.5 Å². The van der Waals surface area contributed by atoms with Gasteiger partial charge in [0.05, 0.1) is 0 Å². The Morgan fingerprint density at radius 1 is 0.955 bits per heavy atom. The van der Waals surface area contributed by atoms with Crippen LogP contribution in [0.1, 0.15) is 23.1 Å². The lowest BCUT2D eigenvalue weighted by atomic mass is 9.89. The molecule has 2 nitrogen and oxygen atoms in total. The Balaban J connectivity index is 2.13. The van der Waals surface area contributed by atoms with Gasteiger partial charge in [0.15, 0.2) is 0 Å². The molecular weight excluding hydrogens is 268 g/mol. The Morgan fingerprint density at radius 3 is 2.36 bits per heavy atom. The summed E-state index contributed by atoms with van der Waals surface area (Å²) in [6.45, 7) is 2.04. The van der Waals surface area contributed by atoms with Crippen molar-refractivity contribution in [2.24, 2.45) is 0 Å². The molecule has 0 atom stereocenters. The topological polar surface area (TPSA) is 6.48 Å². The van der Waals surface area contributed by atoms with E-state index >= 15 is 0 Å². The normalized spacial score (nSPS) is 14.5. The second-order valence-electron chi connectivity index (χ2n) is 6.26. The number of nitrogens with zero attached hydrogens (tertiary/aromatic N) is 2. The summed E-state index contributed by atoms with van der Waals surface area (Å²) in [4.78, 5) is 4.65. The summed E-state index contributed by atoms with van der Waals surface area (Å²) in [5, 5.41) is 0. The molecule has 114 valence electrons. The summed E-state index contributed by atoms with van der Waals surface area (Å²) in [7, 11) is 6.48. The van der Waals surface area contributed by atoms with Crippen LogP contribution in [-0.2, 0) is 6.54 Å². The van der Waals surface area contributed by atoms with Crippen LogP contribution in [-0.4, -0.2) is 37.5 Å². The molecule has 0 aromatic heterocycles. The SMILES string of the molecule is CN(C)CCC1=C(c2ccccc2)N(C)Cc2ccccc21. The average Bonchev–Trinajstić information content (AvgIpc) is 2.53. The maximum absolute atomic E-state index is 2.39. The Kier molecular flexibility index (Phi) is 4.30. The standard InChI is InChI=1S/C20H24N2/c1-21(2)14-13-19-18-12-8-7-11-17(18)15-22(3)20(19)16-9-5-4-6-10-16/h4-12H,13-15H2,1-3H3. The van der Waals surface area contributed by atoms with Crippen molar-refractivity contribution in [1.82, 2.24) is 9.80 Å². The number of fused-ring (bicyclic) bond motifs is 1. The van der Waals surface area contributed by atoms with Gasteiger partial charge in [-0.05, 0) is 42.8 Å². The van der Waals surface area contributed by atoms with Gasteiger partial charge in [0.2, 0.25) is 0 Å². The molecule has 0 spiro atoms. The van der Waals surface area contributed by atoms with Crippen molar-refractivity contribution >= 4 is 11.3 Å². The summed E-state index contributed by atoms with van der Waals surface area (Å²) in [5.74, 6) is 0. The molecule has 1 aliphatic heterocycles. The molecule has 3 rings (SSSR count). The van der Waals surface area contributed by atoms with E-state index < -0.39 is 0 Å². The molecule has 0 fully saturated rings. The molecule has 0 aliphatic carbocycles. The van der Waals surface area contributed by atoms with Gasteiger partial charge in [-0.1, -0.05) is 54.6 Å². The maximum Gasteiger partial charge on any atom is 0.0479 e. The summed E-state index contributed by atoms with van der Waals surface area (Å²) in [6.07, 6.45) is 1.07. The molecule has 1 aliphatic rings. The van der Waals surface area contributed by atoms with Gasteiger partial charge in [0.25, 0.3) is 0 Å². The van der Waals surface area contributed by atoms with E-state index in [1.165, 1.54) is 28.0 Å². The number of hydrogen-bond donors (Lipinski definition) is 0. The van der Waals surface area contributed by atoms with Gasteiger partial charge in [-0.3, -0.25) is 0 Å². The van der Waals surface area contributed by atoms with Crippen LogP contribution in [0.5, 0.6) is 0 Å². The number of benzene rings is 2. The van der Waals surface area contributed by atoms with Crippen molar-refractivity contribution in [3.05, 3.63) is 71.3 Å². The van der Waals surface area contributed by atoms with E-state index in [0.29, 0.717) is 0 Å². The molecule has 1 heterocycles. The van der Waals surface area contributed by atoms with E-state index in [4.69, 9.17) is 0 Å². The van der Waals surface area contributed by atoms with E-state index in [9.17, 15) is 0 Å². The first kappa shape index (κ1) is 14.9. The molecule has 0 N–H and O–H groups in total. The lowest BCUT2D eigenvalue weighted by Gasteiger charge is -2.33.